The van der Waals surface area contributed by atoms with Crippen LogP contribution in [-0.2, 0) is 25.2 Å². The van der Waals surface area contributed by atoms with E-state index in [1.165, 1.54) is 4.90 Å². The molecule has 244 valence electrons. The van der Waals surface area contributed by atoms with Crippen molar-refractivity contribution < 1.29 is 33.3 Å². The number of fused-ring (bicyclic) bond motifs is 7. The molecule has 3 aliphatic heterocycles. The van der Waals surface area contributed by atoms with Crippen LogP contribution in [0.5, 0.6) is 23.0 Å². The van der Waals surface area contributed by atoms with Crippen LogP contribution >= 0.6 is 22.6 Å². The van der Waals surface area contributed by atoms with Gasteiger partial charge in [0.1, 0.15) is 0 Å². The highest BCUT2D eigenvalue weighted by Gasteiger charge is 2.82. The lowest BCUT2D eigenvalue weighted by atomic mass is 9.59. The second-order valence-corrected chi connectivity index (χ2v) is 14.3. The highest BCUT2D eigenvalue weighted by molar-refractivity contribution is 14.1. The lowest BCUT2D eigenvalue weighted by Crippen LogP contribution is -2.45. The molecule has 0 N–H and O–H groups in total. The predicted molar refractivity (Wildman–Crippen MR) is 192 cm³/mol. The number of ketones is 1. The van der Waals surface area contributed by atoms with Crippen LogP contribution in [0.15, 0.2) is 121 Å². The molecule has 5 aromatic rings. The minimum atomic E-state index is -1.55. The monoisotopic (exact) mass is 771 g/mol. The maximum Gasteiger partial charge on any atom is 0.239 e. The summed E-state index contributed by atoms with van der Waals surface area (Å²) in [5.41, 5.74) is 1.37. The van der Waals surface area contributed by atoms with Gasteiger partial charge in [0.25, 0.3) is 0 Å². The van der Waals surface area contributed by atoms with Gasteiger partial charge in [-0.1, -0.05) is 72.8 Å². The molecule has 8 nitrogen and oxygen atoms in total. The number of halogens is 1. The van der Waals surface area contributed by atoms with Gasteiger partial charge < -0.3 is 18.9 Å². The third-order valence-electron chi connectivity index (χ3n) is 10.9. The Bertz CT molecular complexity index is 2180. The Labute approximate surface area is 300 Å². The molecule has 5 aromatic carbocycles. The number of nitrogens with zero attached hydrogens (tertiary/aromatic N) is 1. The molecule has 10 rings (SSSR count). The average molecular weight is 772 g/mol. The number of allylic oxidation sites excluding steroid dienone is 2. The molecule has 0 radical (unpaired) electrons. The van der Waals surface area contributed by atoms with E-state index in [9.17, 15) is 0 Å². The SMILES string of the molecule is O=C1[C@H]2[C@H](C(=O)N1c1ccc(I)cc1)[C@@]1(c3ccccc3)C(=O)[C@@]2(c2ccccc2)C(c2ccc3c(c2)OCO3)=C1c1ccc2c(c1)OCO2. The van der Waals surface area contributed by atoms with Crippen LogP contribution in [0.1, 0.15) is 22.3 Å². The molecule has 2 aliphatic carbocycles. The molecule has 1 saturated carbocycles. The van der Waals surface area contributed by atoms with E-state index in [-0.39, 0.29) is 19.4 Å². The van der Waals surface area contributed by atoms with Crippen LogP contribution in [0.4, 0.5) is 5.69 Å². The molecule has 0 unspecified atom stereocenters. The van der Waals surface area contributed by atoms with E-state index in [1.54, 1.807) is 12.1 Å². The molecule has 2 bridgehead atoms. The first-order valence-electron chi connectivity index (χ1n) is 16.3. The van der Waals surface area contributed by atoms with Gasteiger partial charge in [-0.3, -0.25) is 14.4 Å². The Morgan fingerprint density at radius 3 is 1.44 bits per heavy atom. The fraction of sp³-hybridized carbons (Fsp3) is 0.146. The van der Waals surface area contributed by atoms with E-state index >= 15 is 14.4 Å². The zero-order chi connectivity index (χ0) is 33.8. The first kappa shape index (κ1) is 29.5. The first-order valence-corrected chi connectivity index (χ1v) is 17.4. The number of ether oxygens (including phenoxy) is 4. The van der Waals surface area contributed by atoms with Crippen molar-refractivity contribution in [2.75, 3.05) is 18.5 Å². The van der Waals surface area contributed by atoms with E-state index in [4.69, 9.17) is 18.9 Å². The summed E-state index contributed by atoms with van der Waals surface area (Å²) < 4.78 is 24.1. The number of amides is 2. The normalized spacial score (nSPS) is 25.5. The van der Waals surface area contributed by atoms with Crippen molar-refractivity contribution in [1.82, 2.24) is 0 Å². The highest BCUT2D eigenvalue weighted by atomic mass is 127. The molecule has 4 atom stereocenters. The number of hydrogen-bond acceptors (Lipinski definition) is 7. The second kappa shape index (κ2) is 10.5. The predicted octanol–water partition coefficient (Wildman–Crippen LogP) is 6.94. The molecule has 50 heavy (non-hydrogen) atoms. The summed E-state index contributed by atoms with van der Waals surface area (Å²) >= 11 is 2.20. The largest absolute Gasteiger partial charge is 0.454 e. The number of benzene rings is 5. The molecule has 1 saturated heterocycles. The Morgan fingerprint density at radius 2 is 0.980 bits per heavy atom. The van der Waals surface area contributed by atoms with Crippen LogP contribution in [0, 0.1) is 15.4 Å². The van der Waals surface area contributed by atoms with Crippen LogP contribution in [-0.4, -0.2) is 31.2 Å². The Hall–Kier alpha value is -5.42. The molecule has 0 spiro atoms. The van der Waals surface area contributed by atoms with E-state index in [0.717, 1.165) is 3.57 Å². The number of rotatable bonds is 5. The van der Waals surface area contributed by atoms with Crippen molar-refractivity contribution in [2.45, 2.75) is 10.8 Å². The third-order valence-corrected chi connectivity index (χ3v) is 11.6. The van der Waals surface area contributed by atoms with E-state index < -0.39 is 34.5 Å². The minimum absolute atomic E-state index is 0.0756. The highest BCUT2D eigenvalue weighted by Crippen LogP contribution is 2.74. The number of hydrogen-bond donors (Lipinski definition) is 0. The van der Waals surface area contributed by atoms with Gasteiger partial charge in [-0.05, 0) is 105 Å². The summed E-state index contributed by atoms with van der Waals surface area (Å²) in [4.78, 5) is 47.8. The zero-order valence-corrected chi connectivity index (χ0v) is 28.5. The summed E-state index contributed by atoms with van der Waals surface area (Å²) in [5, 5.41) is 0. The minimum Gasteiger partial charge on any atom is -0.454 e. The number of carbonyl (C=O) groups is 3. The summed E-state index contributed by atoms with van der Waals surface area (Å²) in [6, 6.07) is 37.5. The van der Waals surface area contributed by atoms with Crippen molar-refractivity contribution in [1.29, 1.82) is 0 Å². The molecule has 5 aliphatic rings. The number of anilines is 1. The van der Waals surface area contributed by atoms with Crippen LogP contribution in [0.2, 0.25) is 0 Å². The van der Waals surface area contributed by atoms with Crippen molar-refractivity contribution in [3.05, 3.63) is 147 Å². The lowest BCUT2D eigenvalue weighted by molar-refractivity contribution is -0.130. The van der Waals surface area contributed by atoms with Crippen LogP contribution < -0.4 is 23.8 Å². The van der Waals surface area contributed by atoms with Crippen LogP contribution in [0.3, 0.4) is 0 Å². The molecule has 2 amide bonds. The standard InChI is InChI=1S/C41H26INO7/c42-27-13-15-28(16-14-27)43-37(44)35-36(38(43)45)41(26-9-5-2-6-10-26)34(24-12-18-30-32(20-24)50-22-48-30)33(23-11-17-29-31(19-23)49-21-47-29)40(35,39(41)46)25-7-3-1-4-8-25/h1-20,35-36H,21-22H2/t35-,36-,40+,41+/m1/s1. The maximum absolute atomic E-state index is 16.2. The van der Waals surface area contributed by atoms with E-state index in [0.29, 0.717) is 62.1 Å². The Kier molecular flexibility index (Phi) is 6.22. The van der Waals surface area contributed by atoms with Crippen molar-refractivity contribution in [3.63, 3.8) is 0 Å². The topological polar surface area (TPSA) is 91.4 Å². The molecule has 3 heterocycles. The quantitative estimate of drug-likeness (QED) is 0.141. The smallest absolute Gasteiger partial charge is 0.239 e. The molecule has 2 fully saturated rings. The van der Waals surface area contributed by atoms with Gasteiger partial charge in [-0.25, -0.2) is 4.90 Å². The van der Waals surface area contributed by atoms with Crippen molar-refractivity contribution >= 4 is 57.0 Å². The van der Waals surface area contributed by atoms with E-state index in [1.807, 2.05) is 109 Å². The number of carbonyl (C=O) groups excluding carboxylic acids is 3. The Morgan fingerprint density at radius 1 is 0.540 bits per heavy atom. The van der Waals surface area contributed by atoms with Gasteiger partial charge in [-0.2, -0.15) is 0 Å². The maximum atomic E-state index is 16.2. The Balaban J connectivity index is 1.37. The number of Topliss-reactive ketones (excluding diaryl/α,β-unsaturated/α-hetero) is 1. The first-order chi connectivity index (χ1) is 24.5. The van der Waals surface area contributed by atoms with Gasteiger partial charge in [0, 0.05) is 3.57 Å². The fourth-order valence-electron chi connectivity index (χ4n) is 9.07. The number of imide groups is 1. The summed E-state index contributed by atoms with van der Waals surface area (Å²) in [5.74, 6) is -0.828. The summed E-state index contributed by atoms with van der Waals surface area (Å²) in [6.07, 6.45) is 0. The second-order valence-electron chi connectivity index (χ2n) is 13.0. The summed E-state index contributed by atoms with van der Waals surface area (Å²) in [6.45, 7) is 0.151. The van der Waals surface area contributed by atoms with Crippen molar-refractivity contribution in [2.24, 2.45) is 11.8 Å². The molecule has 9 heteroatoms. The van der Waals surface area contributed by atoms with Gasteiger partial charge in [0.15, 0.2) is 28.8 Å². The van der Waals surface area contributed by atoms with Gasteiger partial charge in [0.2, 0.25) is 25.4 Å². The van der Waals surface area contributed by atoms with E-state index in [2.05, 4.69) is 22.6 Å². The molecular formula is C41H26INO7. The lowest BCUT2D eigenvalue weighted by Gasteiger charge is -2.39. The summed E-state index contributed by atoms with van der Waals surface area (Å²) in [7, 11) is 0. The van der Waals surface area contributed by atoms with Crippen LogP contribution in [0.25, 0.3) is 11.1 Å². The zero-order valence-electron chi connectivity index (χ0n) is 26.3. The van der Waals surface area contributed by atoms with Gasteiger partial charge in [0.05, 0.1) is 28.4 Å². The van der Waals surface area contributed by atoms with Crippen molar-refractivity contribution in [3.8, 4) is 23.0 Å². The van der Waals surface area contributed by atoms with Gasteiger partial charge in [-0.15, -0.1) is 0 Å². The molecular weight excluding hydrogens is 745 g/mol. The fourth-order valence-corrected chi connectivity index (χ4v) is 9.43. The van der Waals surface area contributed by atoms with Gasteiger partial charge >= 0.3 is 0 Å². The average Bonchev–Trinajstić information content (AvgIpc) is 3.96. The molecule has 0 aromatic heterocycles. The third kappa shape index (κ3) is 3.62.